The van der Waals surface area contributed by atoms with E-state index in [4.69, 9.17) is 10.00 Å². The Labute approximate surface area is 112 Å². The van der Waals surface area contributed by atoms with Gasteiger partial charge < -0.3 is 15.0 Å². The van der Waals surface area contributed by atoms with Gasteiger partial charge in [0.25, 0.3) is 0 Å². The van der Waals surface area contributed by atoms with Gasteiger partial charge in [0.05, 0.1) is 24.4 Å². The van der Waals surface area contributed by atoms with Crippen molar-refractivity contribution in [1.29, 1.82) is 5.26 Å². The molecular weight excluding hydrogens is 240 g/mol. The van der Waals surface area contributed by atoms with E-state index in [1.165, 1.54) is 0 Å². The van der Waals surface area contributed by atoms with E-state index >= 15 is 0 Å². The Morgan fingerprint density at radius 1 is 1.53 bits per heavy atom. The van der Waals surface area contributed by atoms with Gasteiger partial charge in [-0.1, -0.05) is 6.92 Å². The molecule has 5 heteroatoms. The molecular formula is C14H16N4O. The lowest BCUT2D eigenvalue weighted by atomic mass is 10.1. The van der Waals surface area contributed by atoms with Crippen molar-refractivity contribution in [1.82, 2.24) is 9.97 Å². The van der Waals surface area contributed by atoms with Crippen LogP contribution in [0.25, 0.3) is 0 Å². The Bertz CT molecular complexity index is 572. The van der Waals surface area contributed by atoms with Crippen molar-refractivity contribution in [3.8, 4) is 11.8 Å². The topological polar surface area (TPSA) is 73.7 Å². The van der Waals surface area contributed by atoms with Crippen LogP contribution in [-0.2, 0) is 0 Å². The number of hydrogen-bond donors (Lipinski definition) is 2. The van der Waals surface area contributed by atoms with E-state index < -0.39 is 0 Å². The summed E-state index contributed by atoms with van der Waals surface area (Å²) in [6.45, 7) is 2.06. The van der Waals surface area contributed by atoms with Crippen LogP contribution < -0.4 is 10.1 Å². The van der Waals surface area contributed by atoms with Gasteiger partial charge in [0, 0.05) is 18.5 Å². The van der Waals surface area contributed by atoms with Gasteiger partial charge >= 0.3 is 0 Å². The summed E-state index contributed by atoms with van der Waals surface area (Å²) >= 11 is 0. The number of H-pyrrole nitrogens is 1. The van der Waals surface area contributed by atoms with Gasteiger partial charge in [-0.05, 0) is 18.6 Å². The van der Waals surface area contributed by atoms with Gasteiger partial charge in [-0.2, -0.15) is 5.26 Å². The Morgan fingerprint density at radius 2 is 2.37 bits per heavy atom. The van der Waals surface area contributed by atoms with Crippen molar-refractivity contribution in [3.05, 3.63) is 42.0 Å². The molecule has 0 aliphatic carbocycles. The molecule has 0 radical (unpaired) electrons. The second-order valence-corrected chi connectivity index (χ2v) is 4.10. The van der Waals surface area contributed by atoms with E-state index in [0.717, 1.165) is 23.7 Å². The number of nitrogens with zero attached hydrogens (tertiary/aromatic N) is 2. The van der Waals surface area contributed by atoms with Crippen molar-refractivity contribution in [2.45, 2.75) is 19.4 Å². The van der Waals surface area contributed by atoms with Crippen LogP contribution in [0.1, 0.15) is 30.8 Å². The van der Waals surface area contributed by atoms with Crippen molar-refractivity contribution in [3.63, 3.8) is 0 Å². The minimum atomic E-state index is 0.0363. The predicted molar refractivity (Wildman–Crippen MR) is 73.0 cm³/mol. The first-order chi connectivity index (χ1) is 9.28. The molecule has 0 saturated heterocycles. The highest BCUT2D eigenvalue weighted by molar-refractivity contribution is 5.61. The van der Waals surface area contributed by atoms with Gasteiger partial charge in [0.1, 0.15) is 17.6 Å². The molecule has 0 amide bonds. The highest BCUT2D eigenvalue weighted by atomic mass is 16.5. The van der Waals surface area contributed by atoms with Crippen LogP contribution in [0.4, 0.5) is 5.69 Å². The van der Waals surface area contributed by atoms with E-state index in [-0.39, 0.29) is 6.04 Å². The molecule has 2 rings (SSSR count). The monoisotopic (exact) mass is 256 g/mol. The normalized spacial score (nSPS) is 11.6. The predicted octanol–water partition coefficient (Wildman–Crippen LogP) is 2.85. The van der Waals surface area contributed by atoms with Crippen LogP contribution in [0.3, 0.4) is 0 Å². The third-order valence-corrected chi connectivity index (χ3v) is 2.93. The van der Waals surface area contributed by atoms with Gasteiger partial charge in [-0.3, -0.25) is 0 Å². The van der Waals surface area contributed by atoms with Crippen LogP contribution in [0.2, 0.25) is 0 Å². The van der Waals surface area contributed by atoms with Crippen LogP contribution >= 0.6 is 0 Å². The number of anilines is 1. The van der Waals surface area contributed by atoms with E-state index in [2.05, 4.69) is 28.3 Å². The fraction of sp³-hybridized carbons (Fsp3) is 0.286. The number of hydrogen-bond acceptors (Lipinski definition) is 4. The Morgan fingerprint density at radius 3 is 2.95 bits per heavy atom. The molecule has 5 nitrogen and oxygen atoms in total. The number of ether oxygens (including phenoxy) is 1. The number of methoxy groups -OCH3 is 1. The molecule has 1 unspecified atom stereocenters. The van der Waals surface area contributed by atoms with Crippen molar-refractivity contribution >= 4 is 5.69 Å². The lowest BCUT2D eigenvalue weighted by molar-refractivity contribution is 0.415. The maximum absolute atomic E-state index is 9.14. The molecule has 2 N–H and O–H groups in total. The second-order valence-electron chi connectivity index (χ2n) is 4.10. The lowest BCUT2D eigenvalue weighted by Gasteiger charge is -2.17. The second kappa shape index (κ2) is 5.91. The number of rotatable bonds is 5. The number of imidazole rings is 1. The Balaban J connectivity index is 2.28. The number of nitrogens with one attached hydrogen (secondary N) is 2. The number of benzene rings is 1. The summed E-state index contributed by atoms with van der Waals surface area (Å²) in [5, 5.41) is 12.5. The molecule has 0 bridgehead atoms. The maximum Gasteiger partial charge on any atom is 0.128 e. The molecule has 0 spiro atoms. The largest absolute Gasteiger partial charge is 0.497 e. The van der Waals surface area contributed by atoms with Crippen LogP contribution in [0.15, 0.2) is 30.6 Å². The van der Waals surface area contributed by atoms with Crippen LogP contribution in [-0.4, -0.2) is 17.1 Å². The summed E-state index contributed by atoms with van der Waals surface area (Å²) < 4.78 is 5.19. The van der Waals surface area contributed by atoms with E-state index in [1.807, 2.05) is 6.07 Å². The third-order valence-electron chi connectivity index (χ3n) is 2.93. The third kappa shape index (κ3) is 2.86. The standard InChI is InChI=1S/C14H16N4O/c1-3-12(14-16-6-7-17-14)18-13-8-11(19-2)5-4-10(13)9-15/h4-8,12,18H,3H2,1-2H3,(H,16,17). The summed E-state index contributed by atoms with van der Waals surface area (Å²) in [7, 11) is 1.61. The van der Waals surface area contributed by atoms with Crippen molar-refractivity contribution in [2.75, 3.05) is 12.4 Å². The highest BCUT2D eigenvalue weighted by Crippen LogP contribution is 2.26. The first-order valence-corrected chi connectivity index (χ1v) is 6.12. The van der Waals surface area contributed by atoms with Crippen LogP contribution in [0.5, 0.6) is 5.75 Å². The minimum Gasteiger partial charge on any atom is -0.497 e. The van der Waals surface area contributed by atoms with E-state index in [9.17, 15) is 0 Å². The quantitative estimate of drug-likeness (QED) is 0.862. The molecule has 0 fully saturated rings. The minimum absolute atomic E-state index is 0.0363. The SMILES string of the molecule is CCC(Nc1cc(OC)ccc1C#N)c1ncc[nH]1. The molecule has 0 saturated carbocycles. The zero-order valence-corrected chi connectivity index (χ0v) is 11.0. The zero-order chi connectivity index (χ0) is 13.7. The molecule has 2 aromatic rings. The number of nitriles is 1. The summed E-state index contributed by atoms with van der Waals surface area (Å²) in [5.41, 5.74) is 1.34. The van der Waals surface area contributed by atoms with Gasteiger partial charge in [0.2, 0.25) is 0 Å². The van der Waals surface area contributed by atoms with Crippen LogP contribution in [0, 0.1) is 11.3 Å². The first-order valence-electron chi connectivity index (χ1n) is 6.12. The summed E-state index contributed by atoms with van der Waals surface area (Å²) in [4.78, 5) is 7.34. The maximum atomic E-state index is 9.14. The molecule has 1 aromatic carbocycles. The lowest BCUT2D eigenvalue weighted by Crippen LogP contribution is -2.12. The number of aromatic amines is 1. The number of aromatic nitrogens is 2. The fourth-order valence-corrected chi connectivity index (χ4v) is 1.89. The first kappa shape index (κ1) is 13.0. The molecule has 98 valence electrons. The Hall–Kier alpha value is -2.48. The smallest absolute Gasteiger partial charge is 0.128 e. The molecule has 1 aromatic heterocycles. The summed E-state index contributed by atoms with van der Waals surface area (Å²) in [6, 6.07) is 7.55. The van der Waals surface area contributed by atoms with E-state index in [0.29, 0.717) is 5.56 Å². The van der Waals surface area contributed by atoms with Gasteiger partial charge in [-0.25, -0.2) is 4.98 Å². The summed E-state index contributed by atoms with van der Waals surface area (Å²) in [6.07, 6.45) is 4.36. The Kier molecular flexibility index (Phi) is 4.04. The molecule has 1 heterocycles. The van der Waals surface area contributed by atoms with E-state index in [1.54, 1.807) is 31.6 Å². The molecule has 0 aliphatic heterocycles. The summed E-state index contributed by atoms with van der Waals surface area (Å²) in [5.74, 6) is 1.57. The fourth-order valence-electron chi connectivity index (χ4n) is 1.89. The average molecular weight is 256 g/mol. The highest BCUT2D eigenvalue weighted by Gasteiger charge is 2.14. The zero-order valence-electron chi connectivity index (χ0n) is 11.0. The molecule has 19 heavy (non-hydrogen) atoms. The molecule has 0 aliphatic rings. The average Bonchev–Trinajstić information content (AvgIpc) is 2.98. The van der Waals surface area contributed by atoms with Gasteiger partial charge in [0.15, 0.2) is 0 Å². The van der Waals surface area contributed by atoms with Crippen molar-refractivity contribution in [2.24, 2.45) is 0 Å². The molecule has 1 atom stereocenters. The van der Waals surface area contributed by atoms with Gasteiger partial charge in [-0.15, -0.1) is 0 Å². The van der Waals surface area contributed by atoms with Crippen molar-refractivity contribution < 1.29 is 4.74 Å².